The van der Waals surface area contributed by atoms with Gasteiger partial charge in [0.05, 0.1) is 3.57 Å². The molecule has 2 aromatic rings. The Morgan fingerprint density at radius 3 is 2.48 bits per heavy atom. The molecule has 1 aromatic heterocycles. The lowest BCUT2D eigenvalue weighted by Gasteiger charge is -2.09. The van der Waals surface area contributed by atoms with E-state index in [0.29, 0.717) is 11.0 Å². The maximum Gasteiger partial charge on any atom is 0.338 e. The Kier molecular flexibility index (Phi) is 5.07. The summed E-state index contributed by atoms with van der Waals surface area (Å²) in [6, 6.07) is 8.17. The highest BCUT2D eigenvalue weighted by Gasteiger charge is 2.17. The van der Waals surface area contributed by atoms with Gasteiger partial charge in [0.2, 0.25) is 0 Å². The third-order valence-electron chi connectivity index (χ3n) is 2.89. The van der Waals surface area contributed by atoms with Crippen LogP contribution < -0.4 is 11.2 Å². The van der Waals surface area contributed by atoms with Crippen LogP contribution in [0.4, 0.5) is 0 Å². The monoisotopic (exact) mass is 400 g/mol. The van der Waals surface area contributed by atoms with Crippen molar-refractivity contribution in [3.05, 3.63) is 66.5 Å². The maximum atomic E-state index is 12.4. The minimum absolute atomic E-state index is 0.0746. The van der Waals surface area contributed by atoms with E-state index >= 15 is 0 Å². The molecule has 7 heteroatoms. The summed E-state index contributed by atoms with van der Waals surface area (Å²) in [7, 11) is 0. The highest BCUT2D eigenvalue weighted by molar-refractivity contribution is 14.1. The molecule has 0 spiro atoms. The van der Waals surface area contributed by atoms with Crippen LogP contribution in [0, 0.1) is 3.57 Å². The van der Waals surface area contributed by atoms with Gasteiger partial charge in [0.15, 0.2) is 0 Å². The normalized spacial score (nSPS) is 10.6. The Morgan fingerprint density at radius 1 is 1.19 bits per heavy atom. The minimum Gasteiger partial charge on any atom is -0.396 e. The average Bonchev–Trinajstić information content (AvgIpc) is 2.50. The fourth-order valence-electron chi connectivity index (χ4n) is 1.86. The lowest BCUT2D eigenvalue weighted by molar-refractivity contribution is 0.0948. The second-order valence-corrected chi connectivity index (χ2v) is 5.50. The molecule has 0 radical (unpaired) electrons. The van der Waals surface area contributed by atoms with Crippen molar-refractivity contribution in [1.29, 1.82) is 0 Å². The number of carbonyl (C=O) groups excluding carboxylic acids is 1. The summed E-state index contributed by atoms with van der Waals surface area (Å²) in [5, 5.41) is 8.85. The first-order valence-electron chi connectivity index (χ1n) is 6.29. The topological polar surface area (TPSA) is 81.3 Å². The summed E-state index contributed by atoms with van der Waals surface area (Å²) in [4.78, 5) is 36.7. The van der Waals surface area contributed by atoms with Crippen molar-refractivity contribution in [2.75, 3.05) is 6.61 Å². The molecular weight excluding hydrogens is 387 g/mol. The van der Waals surface area contributed by atoms with Crippen LogP contribution in [0.25, 0.3) is 0 Å². The fraction of sp³-hybridized carbons (Fsp3) is 0.214. The molecule has 21 heavy (non-hydrogen) atoms. The average molecular weight is 400 g/mol. The van der Waals surface area contributed by atoms with Crippen molar-refractivity contribution in [1.82, 2.24) is 9.13 Å². The van der Waals surface area contributed by atoms with Gasteiger partial charge in [-0.1, -0.05) is 18.2 Å². The Morgan fingerprint density at radius 2 is 1.86 bits per heavy atom. The predicted molar refractivity (Wildman–Crippen MR) is 85.6 cm³/mol. The molecular formula is C14H13IN2O4. The van der Waals surface area contributed by atoms with E-state index in [0.717, 1.165) is 0 Å². The quantitative estimate of drug-likeness (QED) is 0.766. The summed E-state index contributed by atoms with van der Waals surface area (Å²) in [5.41, 5.74) is -1.05. The Bertz CT molecular complexity index is 765. The number of hydrogen-bond acceptors (Lipinski definition) is 4. The van der Waals surface area contributed by atoms with Crippen molar-refractivity contribution in [2.45, 2.75) is 13.0 Å². The molecule has 0 fully saturated rings. The largest absolute Gasteiger partial charge is 0.396 e. The van der Waals surface area contributed by atoms with Crippen LogP contribution in [0.15, 0.2) is 46.1 Å². The van der Waals surface area contributed by atoms with Crippen LogP contribution >= 0.6 is 22.6 Å². The zero-order valence-electron chi connectivity index (χ0n) is 11.0. The SMILES string of the molecule is O=C(c1ccccc1)n1c(=O)c(I)cn(CCCO)c1=O. The lowest BCUT2D eigenvalue weighted by atomic mass is 10.2. The van der Waals surface area contributed by atoms with Crippen LogP contribution in [-0.2, 0) is 6.54 Å². The molecule has 6 nitrogen and oxygen atoms in total. The number of aliphatic hydroxyl groups excluding tert-OH is 1. The molecule has 0 bridgehead atoms. The molecule has 2 rings (SSSR count). The summed E-state index contributed by atoms with van der Waals surface area (Å²) in [5.74, 6) is -0.651. The van der Waals surface area contributed by atoms with Gasteiger partial charge < -0.3 is 5.11 Å². The van der Waals surface area contributed by atoms with E-state index in [1.54, 1.807) is 52.9 Å². The Hall–Kier alpha value is -1.74. The number of aromatic nitrogens is 2. The molecule has 0 unspecified atom stereocenters. The van der Waals surface area contributed by atoms with Crippen LogP contribution in [0.2, 0.25) is 0 Å². The van der Waals surface area contributed by atoms with Crippen LogP contribution in [0.3, 0.4) is 0 Å². The maximum absolute atomic E-state index is 12.4. The summed E-state index contributed by atoms with van der Waals surface area (Å²) in [6.07, 6.45) is 1.77. The van der Waals surface area contributed by atoms with Crippen LogP contribution in [0.5, 0.6) is 0 Å². The number of halogens is 1. The van der Waals surface area contributed by atoms with E-state index in [4.69, 9.17) is 5.11 Å². The Labute approximate surface area is 133 Å². The van der Waals surface area contributed by atoms with Crippen molar-refractivity contribution >= 4 is 28.5 Å². The van der Waals surface area contributed by atoms with E-state index in [1.807, 2.05) is 0 Å². The smallest absolute Gasteiger partial charge is 0.338 e. The van der Waals surface area contributed by atoms with Crippen LogP contribution in [0.1, 0.15) is 16.8 Å². The number of hydrogen-bond donors (Lipinski definition) is 1. The van der Waals surface area contributed by atoms with Crippen molar-refractivity contribution in [2.24, 2.45) is 0 Å². The van der Waals surface area contributed by atoms with Crippen molar-refractivity contribution in [3.8, 4) is 0 Å². The summed E-state index contributed by atoms with van der Waals surface area (Å²) >= 11 is 1.79. The molecule has 110 valence electrons. The summed E-state index contributed by atoms with van der Waals surface area (Å²) < 4.78 is 2.17. The van der Waals surface area contributed by atoms with Crippen LogP contribution in [-0.4, -0.2) is 26.8 Å². The van der Waals surface area contributed by atoms with Gasteiger partial charge in [-0.3, -0.25) is 14.2 Å². The van der Waals surface area contributed by atoms with E-state index in [-0.39, 0.29) is 22.3 Å². The summed E-state index contributed by atoms with van der Waals surface area (Å²) in [6.45, 7) is 0.169. The minimum atomic E-state index is -0.692. The third-order valence-corrected chi connectivity index (χ3v) is 3.63. The molecule has 0 amide bonds. The Balaban J connectivity index is 2.58. The lowest BCUT2D eigenvalue weighted by Crippen LogP contribution is -2.44. The highest BCUT2D eigenvalue weighted by Crippen LogP contribution is 2.01. The van der Waals surface area contributed by atoms with E-state index in [2.05, 4.69) is 0 Å². The van der Waals surface area contributed by atoms with Gasteiger partial charge in [-0.25, -0.2) is 4.79 Å². The third kappa shape index (κ3) is 3.30. The van der Waals surface area contributed by atoms with Gasteiger partial charge >= 0.3 is 5.69 Å². The number of aryl methyl sites for hydroxylation is 1. The first-order chi connectivity index (χ1) is 10.1. The van der Waals surface area contributed by atoms with Gasteiger partial charge in [-0.15, -0.1) is 0 Å². The van der Waals surface area contributed by atoms with Gasteiger partial charge in [0.25, 0.3) is 11.5 Å². The first-order valence-corrected chi connectivity index (χ1v) is 7.36. The number of benzene rings is 1. The molecule has 1 aromatic carbocycles. The molecule has 0 aliphatic rings. The molecule has 0 aliphatic carbocycles. The van der Waals surface area contributed by atoms with Gasteiger partial charge in [-0.05, 0) is 41.1 Å². The number of aliphatic hydroxyl groups is 1. The van der Waals surface area contributed by atoms with E-state index in [9.17, 15) is 14.4 Å². The molecule has 0 saturated heterocycles. The standard InChI is InChI=1S/C14H13IN2O4/c15-11-9-16(7-4-8-18)14(21)17(13(11)20)12(19)10-5-2-1-3-6-10/h1-3,5-6,9,18H,4,7-8H2. The molecule has 0 saturated carbocycles. The zero-order valence-corrected chi connectivity index (χ0v) is 13.2. The number of carbonyl (C=O) groups is 1. The molecule has 1 heterocycles. The van der Waals surface area contributed by atoms with E-state index in [1.165, 1.54) is 10.8 Å². The molecule has 0 atom stereocenters. The molecule has 0 aliphatic heterocycles. The number of nitrogens with zero attached hydrogens (tertiary/aromatic N) is 2. The van der Waals surface area contributed by atoms with Crippen molar-refractivity contribution in [3.63, 3.8) is 0 Å². The van der Waals surface area contributed by atoms with E-state index < -0.39 is 17.2 Å². The second kappa shape index (κ2) is 6.81. The van der Waals surface area contributed by atoms with Crippen molar-refractivity contribution < 1.29 is 9.90 Å². The highest BCUT2D eigenvalue weighted by atomic mass is 127. The fourth-order valence-corrected chi connectivity index (χ4v) is 2.44. The zero-order chi connectivity index (χ0) is 15.4. The van der Waals surface area contributed by atoms with Gasteiger partial charge in [0, 0.05) is 24.9 Å². The second-order valence-electron chi connectivity index (χ2n) is 4.34. The predicted octanol–water partition coefficient (Wildman–Crippen LogP) is 0.685. The first kappa shape index (κ1) is 15.6. The van der Waals surface area contributed by atoms with Gasteiger partial charge in [-0.2, -0.15) is 4.57 Å². The van der Waals surface area contributed by atoms with Gasteiger partial charge in [0.1, 0.15) is 0 Å². The molecule has 1 N–H and O–H groups in total. The number of rotatable bonds is 4.